The first kappa shape index (κ1) is 25.6. The Hall–Kier alpha value is -3.00. The molecule has 3 rings (SSSR count). The van der Waals surface area contributed by atoms with Crippen LogP contribution in [-0.4, -0.2) is 30.8 Å². The smallest absolute Gasteiger partial charge is 0.226 e. The van der Waals surface area contributed by atoms with E-state index in [1.54, 1.807) is 24.3 Å². The third kappa shape index (κ3) is 9.09. The zero-order valence-electron chi connectivity index (χ0n) is 18.3. The fourth-order valence-corrected chi connectivity index (χ4v) is 3.55. The first-order valence-corrected chi connectivity index (χ1v) is 11.8. The molecule has 0 aromatic heterocycles. The van der Waals surface area contributed by atoms with Crippen LogP contribution in [-0.2, 0) is 4.79 Å². The largest absolute Gasteiger partial charge is 0.492 e. The highest BCUT2D eigenvalue weighted by atomic mass is 35.5. The molecule has 0 aliphatic rings. The summed E-state index contributed by atoms with van der Waals surface area (Å²) in [6.45, 7) is 1.15. The van der Waals surface area contributed by atoms with Crippen LogP contribution in [0.4, 0.5) is 5.69 Å². The van der Waals surface area contributed by atoms with Crippen molar-refractivity contribution in [1.82, 2.24) is 5.32 Å². The van der Waals surface area contributed by atoms with Gasteiger partial charge in [-0.05, 0) is 61.1 Å². The van der Waals surface area contributed by atoms with Gasteiger partial charge < -0.3 is 24.8 Å². The van der Waals surface area contributed by atoms with Crippen molar-refractivity contribution in [2.75, 3.05) is 25.1 Å². The topological polar surface area (TPSA) is 68.8 Å². The van der Waals surface area contributed by atoms with Gasteiger partial charge in [0.1, 0.15) is 30.5 Å². The molecule has 0 heterocycles. The minimum absolute atomic E-state index is 0.205. The van der Waals surface area contributed by atoms with Crippen molar-refractivity contribution in [3.63, 3.8) is 0 Å². The van der Waals surface area contributed by atoms with Crippen molar-refractivity contribution in [2.45, 2.75) is 12.8 Å². The summed E-state index contributed by atoms with van der Waals surface area (Å²) in [5, 5.41) is 6.81. The Morgan fingerprint density at radius 3 is 2.32 bits per heavy atom. The van der Waals surface area contributed by atoms with Gasteiger partial charge in [0.2, 0.25) is 5.91 Å². The minimum atomic E-state index is -0.214. The molecule has 0 radical (unpaired) electrons. The molecule has 0 bridgehead atoms. The van der Waals surface area contributed by atoms with Gasteiger partial charge in [0.05, 0.1) is 11.6 Å². The Bertz CT molecular complexity index is 1100. The van der Waals surface area contributed by atoms with Crippen LogP contribution in [0.2, 0.25) is 10.0 Å². The number of carbonyl (C=O) groups is 1. The van der Waals surface area contributed by atoms with Crippen molar-refractivity contribution in [1.29, 1.82) is 0 Å². The van der Waals surface area contributed by atoms with E-state index in [0.29, 0.717) is 53.5 Å². The van der Waals surface area contributed by atoms with Crippen LogP contribution in [0.1, 0.15) is 12.8 Å². The summed E-state index contributed by atoms with van der Waals surface area (Å²) in [6.07, 6.45) is 0.749. The van der Waals surface area contributed by atoms with Crippen LogP contribution in [0.15, 0.2) is 72.8 Å². The second kappa shape index (κ2) is 13.6. The van der Waals surface area contributed by atoms with Crippen molar-refractivity contribution >= 4 is 52.1 Å². The van der Waals surface area contributed by atoms with E-state index in [2.05, 4.69) is 10.6 Å². The molecule has 0 atom stereocenters. The van der Waals surface area contributed by atoms with Gasteiger partial charge in [0.25, 0.3) is 0 Å². The molecule has 178 valence electrons. The lowest BCUT2D eigenvalue weighted by Gasteiger charge is -2.12. The summed E-state index contributed by atoms with van der Waals surface area (Å²) >= 11 is 17.2. The van der Waals surface area contributed by atoms with Crippen LogP contribution >= 0.6 is 35.4 Å². The maximum atomic E-state index is 12.1. The Balaban J connectivity index is 1.34. The molecule has 0 saturated heterocycles. The van der Waals surface area contributed by atoms with Crippen LogP contribution in [0.3, 0.4) is 0 Å². The van der Waals surface area contributed by atoms with E-state index in [1.807, 2.05) is 48.5 Å². The van der Waals surface area contributed by atoms with Gasteiger partial charge in [-0.2, -0.15) is 0 Å². The fraction of sp³-hybridized carbons (Fsp3) is 0.200. The molecular formula is C25H24Cl2N2O4S. The summed E-state index contributed by atoms with van der Waals surface area (Å²) in [6, 6.07) is 21.8. The number of halogens is 2. The van der Waals surface area contributed by atoms with E-state index in [-0.39, 0.29) is 17.4 Å². The Morgan fingerprint density at radius 2 is 1.56 bits per heavy atom. The Kier molecular flexibility index (Phi) is 10.3. The van der Waals surface area contributed by atoms with E-state index in [1.165, 1.54) is 0 Å². The Labute approximate surface area is 214 Å². The molecule has 0 aliphatic carbocycles. The molecule has 34 heavy (non-hydrogen) atoms. The lowest BCUT2D eigenvalue weighted by atomic mass is 10.3. The maximum Gasteiger partial charge on any atom is 0.226 e. The molecule has 0 aliphatic heterocycles. The number of para-hydroxylation sites is 1. The zero-order chi connectivity index (χ0) is 24.2. The highest BCUT2D eigenvalue weighted by Gasteiger charge is 2.07. The number of carbonyl (C=O) groups excluding carboxylic acids is 1. The van der Waals surface area contributed by atoms with E-state index in [0.717, 1.165) is 5.75 Å². The van der Waals surface area contributed by atoms with Crippen LogP contribution in [0.25, 0.3) is 0 Å². The molecule has 0 saturated carbocycles. The number of hydrogen-bond acceptors (Lipinski definition) is 5. The monoisotopic (exact) mass is 518 g/mol. The van der Waals surface area contributed by atoms with Crippen LogP contribution < -0.4 is 24.8 Å². The van der Waals surface area contributed by atoms with Gasteiger partial charge in [-0.25, -0.2) is 0 Å². The third-order valence-electron chi connectivity index (χ3n) is 4.41. The summed E-state index contributed by atoms with van der Waals surface area (Å²) < 4.78 is 16.9. The number of benzene rings is 3. The number of ether oxygens (including phenoxy) is 3. The lowest BCUT2D eigenvalue weighted by molar-refractivity contribution is -0.119. The van der Waals surface area contributed by atoms with E-state index in [9.17, 15) is 4.79 Å². The first-order chi connectivity index (χ1) is 16.5. The van der Waals surface area contributed by atoms with Crippen LogP contribution in [0.5, 0.6) is 17.2 Å². The fourth-order valence-electron chi connectivity index (χ4n) is 2.86. The highest BCUT2D eigenvalue weighted by Crippen LogP contribution is 2.27. The highest BCUT2D eigenvalue weighted by molar-refractivity contribution is 7.80. The minimum Gasteiger partial charge on any atom is -0.492 e. The molecule has 9 heteroatoms. The average Bonchev–Trinajstić information content (AvgIpc) is 2.81. The normalized spacial score (nSPS) is 10.3. The van der Waals surface area contributed by atoms with Crippen molar-refractivity contribution < 1.29 is 19.0 Å². The van der Waals surface area contributed by atoms with E-state index < -0.39 is 0 Å². The van der Waals surface area contributed by atoms with Gasteiger partial charge in [0.15, 0.2) is 5.11 Å². The van der Waals surface area contributed by atoms with Gasteiger partial charge in [-0.1, -0.05) is 47.5 Å². The molecule has 1 amide bonds. The van der Waals surface area contributed by atoms with Gasteiger partial charge in [0, 0.05) is 23.2 Å². The molecule has 0 fully saturated rings. The van der Waals surface area contributed by atoms with Gasteiger partial charge in [-0.3, -0.25) is 4.79 Å². The number of thiocarbonyl (C=S) groups is 1. The number of rotatable bonds is 11. The number of anilines is 1. The van der Waals surface area contributed by atoms with Crippen LogP contribution in [0, 0.1) is 0 Å². The number of hydrogen-bond donors (Lipinski definition) is 2. The quantitative estimate of drug-likeness (QED) is 0.235. The second-order valence-corrected chi connectivity index (χ2v) is 8.32. The van der Waals surface area contributed by atoms with E-state index in [4.69, 9.17) is 49.6 Å². The van der Waals surface area contributed by atoms with Crippen molar-refractivity contribution in [3.8, 4) is 17.2 Å². The molecule has 2 N–H and O–H groups in total. The number of nitrogens with one attached hydrogen (secondary N) is 2. The third-order valence-corrected chi connectivity index (χ3v) is 5.14. The average molecular weight is 519 g/mol. The summed E-state index contributed by atoms with van der Waals surface area (Å²) in [5.41, 5.74) is 0.701. The van der Waals surface area contributed by atoms with E-state index >= 15 is 0 Å². The molecule has 3 aromatic rings. The molecule has 3 aromatic carbocycles. The summed E-state index contributed by atoms with van der Waals surface area (Å²) in [5.74, 6) is 1.77. The van der Waals surface area contributed by atoms with Crippen molar-refractivity contribution in [2.24, 2.45) is 0 Å². The summed E-state index contributed by atoms with van der Waals surface area (Å²) in [7, 11) is 0. The number of amides is 1. The predicted octanol–water partition coefficient (Wildman–Crippen LogP) is 6.12. The molecule has 6 nitrogen and oxygen atoms in total. The maximum absolute atomic E-state index is 12.1. The van der Waals surface area contributed by atoms with Gasteiger partial charge >= 0.3 is 0 Å². The SMILES string of the molecule is O=C(CCCOc1ccc(Cl)cc1Cl)NC(=S)Nc1cccc(OCCOc2ccccc2)c1. The molecule has 0 unspecified atom stereocenters. The van der Waals surface area contributed by atoms with Gasteiger partial charge in [-0.15, -0.1) is 0 Å². The summed E-state index contributed by atoms with van der Waals surface area (Å²) in [4.78, 5) is 12.1. The zero-order valence-corrected chi connectivity index (χ0v) is 20.6. The molecular weight excluding hydrogens is 495 g/mol. The lowest BCUT2D eigenvalue weighted by Crippen LogP contribution is -2.34. The first-order valence-electron chi connectivity index (χ1n) is 10.6. The molecule has 0 spiro atoms. The standard InChI is InChI=1S/C25H24Cl2N2O4S/c26-18-11-12-23(22(27)16-18)33-13-5-10-24(30)29-25(34)28-19-6-4-9-21(17-19)32-15-14-31-20-7-2-1-3-8-20/h1-4,6-9,11-12,16-17H,5,10,13-15H2,(H2,28,29,30,34). The Morgan fingerprint density at radius 1 is 0.824 bits per heavy atom. The predicted molar refractivity (Wildman–Crippen MR) is 139 cm³/mol. The van der Waals surface area contributed by atoms with Crippen molar-refractivity contribution in [3.05, 3.63) is 82.8 Å². The second-order valence-electron chi connectivity index (χ2n) is 7.07.